The molecule has 0 atom stereocenters. The van der Waals surface area contributed by atoms with E-state index in [1.165, 1.54) is 12.1 Å². The maximum absolute atomic E-state index is 12.3. The van der Waals surface area contributed by atoms with E-state index in [0.717, 1.165) is 39.3 Å². The standard InChI is InChI=1S/C18H25Cl3N4O2/c1-3-25(4-2)17(27)12-24-7-5-23(6-8-24)11-16(26)22-18-14(20)9-13(19)10-15(18)21/h9-10H,3-8,11-12H2,1-2H3,(H,22,26). The highest BCUT2D eigenvalue weighted by atomic mass is 35.5. The Morgan fingerprint density at radius 3 is 1.93 bits per heavy atom. The summed E-state index contributed by atoms with van der Waals surface area (Å²) in [5, 5.41) is 3.78. The minimum absolute atomic E-state index is 0.151. The highest BCUT2D eigenvalue weighted by Gasteiger charge is 2.22. The number of carbonyl (C=O) groups is 2. The van der Waals surface area contributed by atoms with Gasteiger partial charge in [-0.25, -0.2) is 0 Å². The van der Waals surface area contributed by atoms with Gasteiger partial charge in [0.2, 0.25) is 11.8 Å². The third-order valence-electron chi connectivity index (χ3n) is 4.58. The van der Waals surface area contributed by atoms with Gasteiger partial charge in [0.1, 0.15) is 0 Å². The van der Waals surface area contributed by atoms with E-state index in [9.17, 15) is 9.59 Å². The van der Waals surface area contributed by atoms with Crippen molar-refractivity contribution in [1.29, 1.82) is 0 Å². The van der Waals surface area contributed by atoms with E-state index in [0.29, 0.717) is 27.3 Å². The Kier molecular flexibility index (Phi) is 8.63. The smallest absolute Gasteiger partial charge is 0.238 e. The van der Waals surface area contributed by atoms with Gasteiger partial charge >= 0.3 is 0 Å². The number of anilines is 1. The summed E-state index contributed by atoms with van der Waals surface area (Å²) in [4.78, 5) is 30.5. The molecule has 0 bridgehead atoms. The van der Waals surface area contributed by atoms with Gasteiger partial charge in [0.15, 0.2) is 0 Å². The van der Waals surface area contributed by atoms with Crippen molar-refractivity contribution in [1.82, 2.24) is 14.7 Å². The minimum Gasteiger partial charge on any atom is -0.342 e. The van der Waals surface area contributed by atoms with Crippen LogP contribution in [-0.2, 0) is 9.59 Å². The summed E-state index contributed by atoms with van der Waals surface area (Å²) in [6.45, 7) is 9.04. The average Bonchev–Trinajstić information content (AvgIpc) is 2.61. The molecule has 0 saturated carbocycles. The summed E-state index contributed by atoms with van der Waals surface area (Å²) in [5.74, 6) is -0.0352. The molecule has 1 aliphatic rings. The molecule has 27 heavy (non-hydrogen) atoms. The van der Waals surface area contributed by atoms with E-state index < -0.39 is 0 Å². The maximum Gasteiger partial charge on any atom is 0.238 e. The molecule has 2 rings (SSSR count). The second-order valence-electron chi connectivity index (χ2n) is 6.41. The van der Waals surface area contributed by atoms with Gasteiger partial charge in [0.25, 0.3) is 0 Å². The molecule has 0 spiro atoms. The number of carbonyl (C=O) groups excluding carboxylic acids is 2. The van der Waals surface area contributed by atoms with E-state index in [1.54, 1.807) is 0 Å². The molecule has 6 nitrogen and oxygen atoms in total. The van der Waals surface area contributed by atoms with Crippen LogP contribution in [0.1, 0.15) is 13.8 Å². The number of nitrogens with zero attached hydrogens (tertiary/aromatic N) is 3. The van der Waals surface area contributed by atoms with Crippen molar-refractivity contribution in [2.24, 2.45) is 0 Å². The molecule has 150 valence electrons. The lowest BCUT2D eigenvalue weighted by Gasteiger charge is -2.34. The highest BCUT2D eigenvalue weighted by molar-refractivity contribution is 6.42. The largest absolute Gasteiger partial charge is 0.342 e. The number of halogens is 3. The van der Waals surface area contributed by atoms with E-state index >= 15 is 0 Å². The Bertz CT molecular complexity index is 652. The lowest BCUT2D eigenvalue weighted by atomic mass is 10.3. The first-order valence-corrected chi connectivity index (χ1v) is 10.1. The number of nitrogens with one attached hydrogen (secondary N) is 1. The van der Waals surface area contributed by atoms with Gasteiger partial charge in [0, 0.05) is 44.3 Å². The first-order valence-electron chi connectivity index (χ1n) is 9.00. The molecule has 1 fully saturated rings. The molecule has 0 unspecified atom stereocenters. The fraction of sp³-hybridized carbons (Fsp3) is 0.556. The normalized spacial score (nSPS) is 15.6. The minimum atomic E-state index is -0.186. The number of benzene rings is 1. The zero-order chi connectivity index (χ0) is 20.0. The summed E-state index contributed by atoms with van der Waals surface area (Å²) in [6.07, 6.45) is 0. The van der Waals surface area contributed by atoms with Crippen LogP contribution < -0.4 is 5.32 Å². The lowest BCUT2D eigenvalue weighted by Crippen LogP contribution is -2.51. The summed E-state index contributed by atoms with van der Waals surface area (Å²) < 4.78 is 0. The maximum atomic E-state index is 12.3. The average molecular weight is 436 g/mol. The van der Waals surface area contributed by atoms with E-state index in [-0.39, 0.29) is 18.4 Å². The number of hydrogen-bond donors (Lipinski definition) is 1. The Morgan fingerprint density at radius 1 is 0.963 bits per heavy atom. The second kappa shape index (κ2) is 10.5. The van der Waals surface area contributed by atoms with Crippen LogP contribution in [0.3, 0.4) is 0 Å². The number of amides is 2. The van der Waals surface area contributed by atoms with Crippen LogP contribution in [0.2, 0.25) is 15.1 Å². The fourth-order valence-electron chi connectivity index (χ4n) is 3.02. The molecule has 1 aromatic carbocycles. The van der Waals surface area contributed by atoms with Crippen LogP contribution in [0.25, 0.3) is 0 Å². The molecule has 1 aromatic rings. The van der Waals surface area contributed by atoms with Crippen molar-refractivity contribution in [3.63, 3.8) is 0 Å². The monoisotopic (exact) mass is 434 g/mol. The number of piperazine rings is 1. The van der Waals surface area contributed by atoms with Crippen molar-refractivity contribution in [3.8, 4) is 0 Å². The van der Waals surface area contributed by atoms with Crippen LogP contribution in [-0.4, -0.2) is 78.9 Å². The first-order chi connectivity index (χ1) is 12.8. The summed E-state index contributed by atoms with van der Waals surface area (Å²) in [6, 6.07) is 3.08. The molecule has 0 radical (unpaired) electrons. The Labute approximate surface area is 175 Å². The summed E-state index contributed by atoms with van der Waals surface area (Å²) in [7, 11) is 0. The molecule has 1 aliphatic heterocycles. The zero-order valence-electron chi connectivity index (χ0n) is 15.6. The summed E-state index contributed by atoms with van der Waals surface area (Å²) in [5.41, 5.74) is 0.371. The van der Waals surface area contributed by atoms with Crippen molar-refractivity contribution in [3.05, 3.63) is 27.2 Å². The molecule has 1 heterocycles. The predicted molar refractivity (Wildman–Crippen MR) is 111 cm³/mol. The van der Waals surface area contributed by atoms with Crippen LogP contribution in [0.5, 0.6) is 0 Å². The third kappa shape index (κ3) is 6.50. The third-order valence-corrected chi connectivity index (χ3v) is 5.39. The molecule has 2 amide bonds. The number of rotatable bonds is 7. The fourth-order valence-corrected chi connectivity index (χ4v) is 3.93. The van der Waals surface area contributed by atoms with E-state index in [1.807, 2.05) is 23.6 Å². The van der Waals surface area contributed by atoms with Gasteiger partial charge in [-0.3, -0.25) is 19.4 Å². The van der Waals surface area contributed by atoms with Crippen molar-refractivity contribution in [2.45, 2.75) is 13.8 Å². The lowest BCUT2D eigenvalue weighted by molar-refractivity contribution is -0.132. The summed E-state index contributed by atoms with van der Waals surface area (Å²) >= 11 is 18.1. The van der Waals surface area contributed by atoms with Gasteiger partial charge in [-0.2, -0.15) is 0 Å². The first kappa shape index (κ1) is 22.2. The van der Waals surface area contributed by atoms with Crippen molar-refractivity contribution >= 4 is 52.3 Å². The van der Waals surface area contributed by atoms with Crippen LogP contribution in [0.4, 0.5) is 5.69 Å². The Balaban J connectivity index is 1.80. The van der Waals surface area contributed by atoms with Gasteiger partial charge in [-0.1, -0.05) is 34.8 Å². The Hall–Kier alpha value is -1.05. The van der Waals surface area contributed by atoms with Crippen molar-refractivity contribution < 1.29 is 9.59 Å². The molecular weight excluding hydrogens is 411 g/mol. The van der Waals surface area contributed by atoms with Crippen molar-refractivity contribution in [2.75, 3.05) is 57.7 Å². The van der Waals surface area contributed by atoms with Gasteiger partial charge in [-0.05, 0) is 26.0 Å². The van der Waals surface area contributed by atoms with Gasteiger partial charge < -0.3 is 10.2 Å². The zero-order valence-corrected chi connectivity index (χ0v) is 17.9. The Morgan fingerprint density at radius 2 is 1.44 bits per heavy atom. The molecule has 0 aromatic heterocycles. The van der Waals surface area contributed by atoms with E-state index in [4.69, 9.17) is 34.8 Å². The van der Waals surface area contributed by atoms with Crippen LogP contribution in [0.15, 0.2) is 12.1 Å². The highest BCUT2D eigenvalue weighted by Crippen LogP contribution is 2.33. The molecule has 0 aliphatic carbocycles. The van der Waals surface area contributed by atoms with Crippen LogP contribution in [0, 0.1) is 0 Å². The second-order valence-corrected chi connectivity index (χ2v) is 7.66. The SMILES string of the molecule is CCN(CC)C(=O)CN1CCN(CC(=O)Nc2c(Cl)cc(Cl)cc2Cl)CC1. The number of hydrogen-bond acceptors (Lipinski definition) is 4. The topological polar surface area (TPSA) is 55.9 Å². The molecule has 1 N–H and O–H groups in total. The number of likely N-dealkylation sites (N-methyl/N-ethyl adjacent to an activating group) is 1. The van der Waals surface area contributed by atoms with E-state index in [2.05, 4.69) is 10.2 Å². The predicted octanol–water partition coefficient (Wildman–Crippen LogP) is 3.07. The quantitative estimate of drug-likeness (QED) is 0.715. The van der Waals surface area contributed by atoms with Crippen LogP contribution >= 0.6 is 34.8 Å². The molecular formula is C18H25Cl3N4O2. The molecule has 1 saturated heterocycles. The van der Waals surface area contributed by atoms with Gasteiger partial charge in [-0.15, -0.1) is 0 Å². The van der Waals surface area contributed by atoms with Gasteiger partial charge in [0.05, 0.1) is 28.8 Å². The molecule has 9 heteroatoms.